The normalized spacial score (nSPS) is 13.6. The smallest absolute Gasteiger partial charge is 0.0938 e. The molecular weight excluding hydrogens is 236 g/mol. The third-order valence-corrected chi connectivity index (χ3v) is 4.15. The van der Waals surface area contributed by atoms with Crippen LogP contribution in [0, 0.1) is 13.8 Å². The van der Waals surface area contributed by atoms with Crippen molar-refractivity contribution >= 4 is 0 Å². The first kappa shape index (κ1) is 16.2. The first-order valence-electron chi connectivity index (χ1n) is 7.37. The number of aliphatic hydroxyl groups is 1. The Labute approximate surface area is 117 Å². The third-order valence-electron chi connectivity index (χ3n) is 4.15. The minimum absolute atomic E-state index is 0.412. The summed E-state index contributed by atoms with van der Waals surface area (Å²) in [6, 6.07) is 6.40. The highest BCUT2D eigenvalue weighted by Crippen LogP contribution is 2.28. The zero-order valence-electron chi connectivity index (χ0n) is 13.0. The van der Waals surface area contributed by atoms with Crippen molar-refractivity contribution in [1.82, 2.24) is 0 Å². The van der Waals surface area contributed by atoms with Crippen molar-refractivity contribution in [3.63, 3.8) is 0 Å². The molecule has 1 aromatic carbocycles. The molecule has 0 aliphatic heterocycles. The van der Waals surface area contributed by atoms with E-state index in [0.29, 0.717) is 13.0 Å². The number of benzene rings is 1. The lowest BCUT2D eigenvalue weighted by atomic mass is 9.85. The Bertz CT molecular complexity index is 394. The number of aliphatic hydroxyl groups excluding tert-OH is 1. The van der Waals surface area contributed by atoms with Gasteiger partial charge in [0.2, 0.25) is 0 Å². The molecular formula is C17H28O2. The van der Waals surface area contributed by atoms with E-state index in [9.17, 15) is 5.11 Å². The molecule has 0 heterocycles. The van der Waals surface area contributed by atoms with Gasteiger partial charge in [0.25, 0.3) is 0 Å². The second-order valence-corrected chi connectivity index (χ2v) is 5.35. The Morgan fingerprint density at radius 1 is 1.16 bits per heavy atom. The van der Waals surface area contributed by atoms with Gasteiger partial charge >= 0.3 is 0 Å². The molecule has 2 heteroatoms. The van der Waals surface area contributed by atoms with E-state index < -0.39 is 11.7 Å². The average molecular weight is 264 g/mol. The molecule has 0 fully saturated rings. The summed E-state index contributed by atoms with van der Waals surface area (Å²) >= 11 is 0. The summed E-state index contributed by atoms with van der Waals surface area (Å²) in [6.07, 6.45) is 1.88. The minimum atomic E-state index is -0.456. The Morgan fingerprint density at radius 3 is 2.32 bits per heavy atom. The summed E-state index contributed by atoms with van der Waals surface area (Å²) in [6.45, 7) is 11.0. The van der Waals surface area contributed by atoms with Gasteiger partial charge in [-0.25, -0.2) is 0 Å². The van der Waals surface area contributed by atoms with E-state index in [1.807, 2.05) is 6.92 Å². The monoisotopic (exact) mass is 264 g/mol. The Kier molecular flexibility index (Phi) is 6.02. The van der Waals surface area contributed by atoms with E-state index in [2.05, 4.69) is 45.9 Å². The van der Waals surface area contributed by atoms with Crippen molar-refractivity contribution in [1.29, 1.82) is 0 Å². The second-order valence-electron chi connectivity index (χ2n) is 5.35. The molecule has 0 aliphatic rings. The van der Waals surface area contributed by atoms with Gasteiger partial charge in [0.1, 0.15) is 0 Å². The fourth-order valence-corrected chi connectivity index (χ4v) is 2.72. The highest BCUT2D eigenvalue weighted by atomic mass is 16.5. The lowest BCUT2D eigenvalue weighted by Gasteiger charge is -2.36. The van der Waals surface area contributed by atoms with Crippen molar-refractivity contribution in [2.24, 2.45) is 0 Å². The van der Waals surface area contributed by atoms with Crippen molar-refractivity contribution in [2.45, 2.75) is 65.6 Å². The molecule has 0 spiro atoms. The van der Waals surface area contributed by atoms with Crippen LogP contribution in [0.1, 0.15) is 50.3 Å². The fourth-order valence-electron chi connectivity index (χ4n) is 2.72. The number of hydrogen-bond acceptors (Lipinski definition) is 2. The van der Waals surface area contributed by atoms with Crippen LogP contribution >= 0.6 is 0 Å². The summed E-state index contributed by atoms with van der Waals surface area (Å²) in [5, 5.41) is 10.6. The summed E-state index contributed by atoms with van der Waals surface area (Å²) in [5.41, 5.74) is 3.29. The van der Waals surface area contributed by atoms with E-state index in [-0.39, 0.29) is 0 Å². The molecule has 0 amide bonds. The zero-order chi connectivity index (χ0) is 14.5. The second kappa shape index (κ2) is 7.06. The molecule has 0 radical (unpaired) electrons. The molecule has 0 saturated carbocycles. The Balaban J connectivity index is 2.92. The molecule has 1 atom stereocenters. The zero-order valence-corrected chi connectivity index (χ0v) is 13.0. The molecule has 0 aliphatic carbocycles. The first-order chi connectivity index (χ1) is 8.99. The maximum atomic E-state index is 10.6. The van der Waals surface area contributed by atoms with E-state index in [1.54, 1.807) is 0 Å². The predicted molar refractivity (Wildman–Crippen MR) is 80.6 cm³/mol. The van der Waals surface area contributed by atoms with Crippen molar-refractivity contribution in [3.8, 4) is 0 Å². The molecule has 1 N–H and O–H groups in total. The molecule has 0 aromatic heterocycles. The van der Waals surface area contributed by atoms with Crippen LogP contribution in [0.25, 0.3) is 0 Å². The first-order valence-corrected chi connectivity index (χ1v) is 7.37. The van der Waals surface area contributed by atoms with Gasteiger partial charge in [0, 0.05) is 13.0 Å². The standard InChI is InChI=1S/C17H28O2/c1-6-17(7-2,19-8-3)16(18)12-15-11-13(4)9-10-14(15)5/h9-11,16,18H,6-8,12H2,1-5H3. The van der Waals surface area contributed by atoms with Gasteiger partial charge in [-0.1, -0.05) is 37.6 Å². The molecule has 108 valence electrons. The molecule has 0 saturated heterocycles. The van der Waals surface area contributed by atoms with Crippen LogP contribution in [0.2, 0.25) is 0 Å². The number of ether oxygens (including phenoxy) is 1. The molecule has 1 unspecified atom stereocenters. The fraction of sp³-hybridized carbons (Fsp3) is 0.647. The molecule has 19 heavy (non-hydrogen) atoms. The van der Waals surface area contributed by atoms with Crippen LogP contribution in [-0.4, -0.2) is 23.4 Å². The highest BCUT2D eigenvalue weighted by molar-refractivity contribution is 5.31. The van der Waals surface area contributed by atoms with Crippen molar-refractivity contribution in [3.05, 3.63) is 34.9 Å². The van der Waals surface area contributed by atoms with Crippen LogP contribution < -0.4 is 0 Å². The quantitative estimate of drug-likeness (QED) is 0.811. The maximum Gasteiger partial charge on any atom is 0.0938 e. The van der Waals surface area contributed by atoms with Gasteiger partial charge in [0.05, 0.1) is 11.7 Å². The maximum absolute atomic E-state index is 10.6. The lowest BCUT2D eigenvalue weighted by molar-refractivity contribution is -0.124. The molecule has 1 aromatic rings. The summed E-state index contributed by atoms with van der Waals surface area (Å²) in [5.74, 6) is 0. The number of aryl methyl sites for hydroxylation is 2. The van der Waals surface area contributed by atoms with E-state index in [1.165, 1.54) is 16.7 Å². The highest BCUT2D eigenvalue weighted by Gasteiger charge is 2.35. The van der Waals surface area contributed by atoms with Crippen LogP contribution in [0.15, 0.2) is 18.2 Å². The minimum Gasteiger partial charge on any atom is -0.390 e. The van der Waals surface area contributed by atoms with Crippen LogP contribution in [0.4, 0.5) is 0 Å². The Hall–Kier alpha value is -0.860. The van der Waals surface area contributed by atoms with Gasteiger partial charge in [0.15, 0.2) is 0 Å². The van der Waals surface area contributed by atoms with Crippen LogP contribution in [0.5, 0.6) is 0 Å². The lowest BCUT2D eigenvalue weighted by Crippen LogP contribution is -2.45. The topological polar surface area (TPSA) is 29.5 Å². The number of hydrogen-bond donors (Lipinski definition) is 1. The summed E-state index contributed by atoms with van der Waals surface area (Å²) in [7, 11) is 0. The molecule has 0 bridgehead atoms. The third kappa shape index (κ3) is 3.80. The van der Waals surface area contributed by atoms with E-state index in [0.717, 1.165) is 12.8 Å². The van der Waals surface area contributed by atoms with Gasteiger partial charge in [-0.05, 0) is 44.7 Å². The number of rotatable bonds is 7. The summed E-state index contributed by atoms with van der Waals surface area (Å²) in [4.78, 5) is 0. The Morgan fingerprint density at radius 2 is 1.79 bits per heavy atom. The van der Waals surface area contributed by atoms with Crippen LogP contribution in [0.3, 0.4) is 0 Å². The predicted octanol–water partition coefficient (Wildman–Crippen LogP) is 3.80. The van der Waals surface area contributed by atoms with Gasteiger partial charge in [-0.3, -0.25) is 0 Å². The van der Waals surface area contributed by atoms with Gasteiger partial charge in [-0.15, -0.1) is 0 Å². The molecule has 2 nitrogen and oxygen atoms in total. The van der Waals surface area contributed by atoms with Crippen molar-refractivity contribution < 1.29 is 9.84 Å². The van der Waals surface area contributed by atoms with Gasteiger partial charge in [-0.2, -0.15) is 0 Å². The van der Waals surface area contributed by atoms with Gasteiger partial charge < -0.3 is 9.84 Å². The van der Waals surface area contributed by atoms with E-state index in [4.69, 9.17) is 4.74 Å². The van der Waals surface area contributed by atoms with Crippen molar-refractivity contribution in [2.75, 3.05) is 6.61 Å². The largest absolute Gasteiger partial charge is 0.390 e. The van der Waals surface area contributed by atoms with Crippen LogP contribution in [-0.2, 0) is 11.2 Å². The summed E-state index contributed by atoms with van der Waals surface area (Å²) < 4.78 is 5.88. The van der Waals surface area contributed by atoms with E-state index >= 15 is 0 Å². The molecule has 1 rings (SSSR count). The average Bonchev–Trinajstić information content (AvgIpc) is 2.40. The SMILES string of the molecule is CCOC(CC)(CC)C(O)Cc1cc(C)ccc1C.